The van der Waals surface area contributed by atoms with E-state index < -0.39 is 35.9 Å². The summed E-state index contributed by atoms with van der Waals surface area (Å²) in [7, 11) is 0. The summed E-state index contributed by atoms with van der Waals surface area (Å²) < 4.78 is 55.7. The van der Waals surface area contributed by atoms with Gasteiger partial charge < -0.3 is 10.1 Å². The summed E-state index contributed by atoms with van der Waals surface area (Å²) in [5, 5.41) is 11.5. The van der Waals surface area contributed by atoms with Crippen LogP contribution in [0, 0.1) is 19.7 Å². The zero-order valence-corrected chi connectivity index (χ0v) is 16.8. The molecule has 0 saturated heterocycles. The van der Waals surface area contributed by atoms with E-state index in [-0.39, 0.29) is 5.69 Å². The number of hydrogen-bond acceptors (Lipinski definition) is 2. The molecule has 3 rings (SSSR count). The molecular weight excluding hydrogens is 384 g/mol. The highest BCUT2D eigenvalue weighted by molar-refractivity contribution is 5.79. The number of pyridine rings is 1. The minimum Gasteiger partial charge on any atom is -0.380 e. The van der Waals surface area contributed by atoms with E-state index in [4.69, 9.17) is 0 Å². The molecule has 0 aliphatic carbocycles. The molecular formula is C22H24F4N2O. The summed E-state index contributed by atoms with van der Waals surface area (Å²) in [5.41, 5.74) is -1.37. The van der Waals surface area contributed by atoms with E-state index in [9.17, 15) is 22.7 Å². The summed E-state index contributed by atoms with van der Waals surface area (Å²) in [4.78, 5) is 7.05. The van der Waals surface area contributed by atoms with Crippen LogP contribution >= 0.6 is 0 Å². The number of aromatic nitrogens is 2. The minimum absolute atomic E-state index is 0.263. The normalized spacial score (nSPS) is 14.9. The van der Waals surface area contributed by atoms with E-state index in [1.165, 1.54) is 18.2 Å². The van der Waals surface area contributed by atoms with Crippen LogP contribution in [0.15, 0.2) is 36.5 Å². The van der Waals surface area contributed by atoms with Crippen molar-refractivity contribution in [3.05, 3.63) is 64.9 Å². The fraction of sp³-hybridized carbons (Fsp3) is 0.409. The molecule has 1 atom stereocenters. The van der Waals surface area contributed by atoms with Crippen LogP contribution in [-0.2, 0) is 11.8 Å². The highest BCUT2D eigenvalue weighted by Gasteiger charge is 2.56. The molecule has 156 valence electrons. The van der Waals surface area contributed by atoms with Gasteiger partial charge in [-0.15, -0.1) is 0 Å². The second kappa shape index (κ2) is 7.13. The Morgan fingerprint density at radius 3 is 2.41 bits per heavy atom. The van der Waals surface area contributed by atoms with Crippen LogP contribution in [0.25, 0.3) is 10.9 Å². The van der Waals surface area contributed by atoms with Crippen molar-refractivity contribution in [3.8, 4) is 0 Å². The van der Waals surface area contributed by atoms with Gasteiger partial charge in [-0.25, -0.2) is 4.39 Å². The van der Waals surface area contributed by atoms with Crippen molar-refractivity contribution in [1.82, 2.24) is 9.97 Å². The summed E-state index contributed by atoms with van der Waals surface area (Å²) in [6.45, 7) is 6.69. The van der Waals surface area contributed by atoms with E-state index in [0.717, 1.165) is 11.1 Å². The molecule has 0 spiro atoms. The first kappa shape index (κ1) is 21.3. The van der Waals surface area contributed by atoms with Crippen molar-refractivity contribution in [2.75, 3.05) is 0 Å². The molecule has 0 amide bonds. The lowest BCUT2D eigenvalue weighted by molar-refractivity contribution is -0.266. The topological polar surface area (TPSA) is 48.9 Å². The van der Waals surface area contributed by atoms with Crippen molar-refractivity contribution < 1.29 is 22.7 Å². The number of fused-ring (bicyclic) bond motifs is 1. The van der Waals surface area contributed by atoms with Gasteiger partial charge >= 0.3 is 6.18 Å². The van der Waals surface area contributed by atoms with E-state index in [1.54, 1.807) is 46.0 Å². The third-order valence-corrected chi connectivity index (χ3v) is 5.37. The first-order valence-corrected chi connectivity index (χ1v) is 9.31. The number of hydrogen-bond donors (Lipinski definition) is 2. The number of rotatable bonds is 5. The van der Waals surface area contributed by atoms with Crippen LogP contribution in [0.3, 0.4) is 0 Å². The third kappa shape index (κ3) is 4.29. The Labute approximate surface area is 166 Å². The number of nitrogens with zero attached hydrogens (tertiary/aromatic N) is 1. The van der Waals surface area contributed by atoms with Gasteiger partial charge in [0.1, 0.15) is 5.82 Å². The van der Waals surface area contributed by atoms with Gasteiger partial charge in [-0.3, -0.25) is 4.98 Å². The van der Waals surface area contributed by atoms with Gasteiger partial charge in [0.05, 0.1) is 11.7 Å². The number of aliphatic hydroxyl groups is 1. The maximum absolute atomic E-state index is 14.0. The number of alkyl halides is 3. The first-order chi connectivity index (χ1) is 13.3. The average Bonchev–Trinajstić information content (AvgIpc) is 2.96. The van der Waals surface area contributed by atoms with E-state index >= 15 is 0 Å². The van der Waals surface area contributed by atoms with E-state index in [0.29, 0.717) is 16.6 Å². The van der Waals surface area contributed by atoms with Crippen LogP contribution in [0.1, 0.15) is 42.8 Å². The van der Waals surface area contributed by atoms with Crippen molar-refractivity contribution in [3.63, 3.8) is 0 Å². The lowest BCUT2D eigenvalue weighted by atomic mass is 9.72. The Bertz CT molecular complexity index is 1040. The van der Waals surface area contributed by atoms with Crippen LogP contribution in [0.4, 0.5) is 17.6 Å². The Kier molecular flexibility index (Phi) is 5.24. The zero-order chi connectivity index (χ0) is 21.6. The van der Waals surface area contributed by atoms with Crippen molar-refractivity contribution in [1.29, 1.82) is 0 Å². The first-order valence-electron chi connectivity index (χ1n) is 9.31. The molecule has 3 nitrogen and oxygen atoms in total. The molecule has 0 aliphatic rings. The highest BCUT2D eigenvalue weighted by Crippen LogP contribution is 2.43. The zero-order valence-electron chi connectivity index (χ0n) is 16.8. The summed E-state index contributed by atoms with van der Waals surface area (Å²) in [5.74, 6) is -0.521. The Morgan fingerprint density at radius 2 is 1.76 bits per heavy atom. The van der Waals surface area contributed by atoms with Crippen LogP contribution < -0.4 is 0 Å². The number of aromatic amines is 1. The summed E-state index contributed by atoms with van der Waals surface area (Å²) >= 11 is 0. The van der Waals surface area contributed by atoms with Crippen molar-refractivity contribution >= 4 is 10.9 Å². The molecule has 1 aromatic carbocycles. The van der Waals surface area contributed by atoms with Gasteiger partial charge in [-0.2, -0.15) is 13.2 Å². The summed E-state index contributed by atoms with van der Waals surface area (Å²) in [6.07, 6.45) is -4.56. The standard InChI is InChI=1S/C22H24F4N2O/c1-13-5-6-16(23)9-18(13)20(3,4)12-21(29,22(24,25)26)10-17-8-15-7-14(2)27-11-19(15)28-17/h5-9,11,28-29H,10,12H2,1-4H3. The molecule has 2 aromatic heterocycles. The van der Waals surface area contributed by atoms with Gasteiger partial charge in [0.15, 0.2) is 5.60 Å². The van der Waals surface area contributed by atoms with Gasteiger partial charge in [0.2, 0.25) is 0 Å². The molecule has 2 N–H and O–H groups in total. The second-order valence-corrected chi connectivity index (χ2v) is 8.43. The number of halogens is 4. The maximum atomic E-state index is 14.0. The third-order valence-electron chi connectivity index (χ3n) is 5.37. The van der Waals surface area contributed by atoms with Crippen LogP contribution in [0.5, 0.6) is 0 Å². The highest BCUT2D eigenvalue weighted by atomic mass is 19.4. The largest absolute Gasteiger partial charge is 0.417 e. The molecule has 1 unspecified atom stereocenters. The predicted octanol–water partition coefficient (Wildman–Crippen LogP) is 5.52. The van der Waals surface area contributed by atoms with Gasteiger partial charge in [-0.1, -0.05) is 19.9 Å². The van der Waals surface area contributed by atoms with E-state index in [1.807, 2.05) is 0 Å². The Hall–Kier alpha value is -2.41. The number of nitrogens with one attached hydrogen (secondary N) is 1. The SMILES string of the molecule is Cc1cc2cc(CC(O)(CC(C)(C)c3cc(F)ccc3C)C(F)(F)F)[nH]c2cn1. The summed E-state index contributed by atoms with van der Waals surface area (Å²) in [6, 6.07) is 7.41. The molecule has 0 aliphatic heterocycles. The fourth-order valence-corrected chi connectivity index (χ4v) is 4.02. The Balaban J connectivity index is 1.98. The predicted molar refractivity (Wildman–Crippen MR) is 104 cm³/mol. The molecule has 2 heterocycles. The second-order valence-electron chi connectivity index (χ2n) is 8.43. The smallest absolute Gasteiger partial charge is 0.380 e. The molecule has 29 heavy (non-hydrogen) atoms. The monoisotopic (exact) mass is 408 g/mol. The molecule has 0 bridgehead atoms. The average molecular weight is 408 g/mol. The van der Waals surface area contributed by atoms with Crippen LogP contribution in [-0.4, -0.2) is 26.9 Å². The molecule has 7 heteroatoms. The maximum Gasteiger partial charge on any atom is 0.417 e. The quantitative estimate of drug-likeness (QED) is 0.546. The Morgan fingerprint density at radius 1 is 1.07 bits per heavy atom. The van der Waals surface area contributed by atoms with E-state index in [2.05, 4.69) is 9.97 Å². The van der Waals surface area contributed by atoms with Crippen LogP contribution in [0.2, 0.25) is 0 Å². The number of benzene rings is 1. The van der Waals surface area contributed by atoms with Gasteiger partial charge in [0.25, 0.3) is 0 Å². The van der Waals surface area contributed by atoms with Crippen molar-refractivity contribution in [2.45, 2.75) is 57.7 Å². The fourth-order valence-electron chi connectivity index (χ4n) is 4.02. The lowest BCUT2D eigenvalue weighted by Crippen LogP contribution is -2.51. The van der Waals surface area contributed by atoms with Crippen molar-refractivity contribution in [2.24, 2.45) is 0 Å². The molecule has 0 radical (unpaired) electrons. The molecule has 0 fully saturated rings. The lowest BCUT2D eigenvalue weighted by Gasteiger charge is -2.38. The molecule has 3 aromatic rings. The minimum atomic E-state index is -4.86. The van der Waals surface area contributed by atoms with Gasteiger partial charge in [0, 0.05) is 23.2 Å². The number of H-pyrrole nitrogens is 1. The van der Waals surface area contributed by atoms with Gasteiger partial charge in [-0.05, 0) is 61.1 Å². The number of aryl methyl sites for hydroxylation is 2. The molecule has 0 saturated carbocycles.